The predicted molar refractivity (Wildman–Crippen MR) is 71.7 cm³/mol. The maximum absolute atomic E-state index is 10.9. The number of halogens is 1. The standard InChI is InChI=1S/C12H15ClN2O4/c1-7(16)15-10(12(17)18)6-14-8-3-4-9(13)11(5-8)19-2/h3-5,10,14H,6H2,1-2H3,(H,15,16)(H,17,18). The Kier molecular flexibility index (Phi) is 5.44. The molecule has 104 valence electrons. The van der Waals surface area contributed by atoms with Gasteiger partial charge in [-0.05, 0) is 12.1 Å². The number of nitrogens with one attached hydrogen (secondary N) is 2. The van der Waals surface area contributed by atoms with Gasteiger partial charge in [0.15, 0.2) is 0 Å². The molecule has 19 heavy (non-hydrogen) atoms. The van der Waals surface area contributed by atoms with Crippen LogP contribution in [0.2, 0.25) is 5.02 Å². The van der Waals surface area contributed by atoms with Crippen molar-refractivity contribution in [3.8, 4) is 5.75 Å². The molecule has 7 heteroatoms. The smallest absolute Gasteiger partial charge is 0.328 e. The minimum Gasteiger partial charge on any atom is -0.495 e. The first-order chi connectivity index (χ1) is 8.93. The summed E-state index contributed by atoms with van der Waals surface area (Å²) in [5.41, 5.74) is 0.651. The minimum absolute atomic E-state index is 0.0553. The number of benzene rings is 1. The van der Waals surface area contributed by atoms with Crippen molar-refractivity contribution >= 4 is 29.2 Å². The van der Waals surface area contributed by atoms with Crippen molar-refractivity contribution in [2.75, 3.05) is 19.0 Å². The third-order valence-corrected chi connectivity index (χ3v) is 2.65. The highest BCUT2D eigenvalue weighted by Crippen LogP contribution is 2.27. The van der Waals surface area contributed by atoms with Gasteiger partial charge in [-0.1, -0.05) is 11.6 Å². The minimum atomic E-state index is -1.11. The summed E-state index contributed by atoms with van der Waals surface area (Å²) in [6.07, 6.45) is 0. The van der Waals surface area contributed by atoms with E-state index >= 15 is 0 Å². The molecule has 1 rings (SSSR count). The molecule has 1 unspecified atom stereocenters. The Morgan fingerprint density at radius 2 is 2.16 bits per heavy atom. The molecule has 1 aromatic rings. The average molecular weight is 287 g/mol. The van der Waals surface area contributed by atoms with Crippen LogP contribution in [0.1, 0.15) is 6.92 Å². The average Bonchev–Trinajstić information content (AvgIpc) is 2.35. The third kappa shape index (κ3) is 4.67. The Labute approximate surface area is 115 Å². The van der Waals surface area contributed by atoms with Crippen LogP contribution in [0.15, 0.2) is 18.2 Å². The number of anilines is 1. The Morgan fingerprint density at radius 1 is 1.47 bits per heavy atom. The molecular weight excluding hydrogens is 272 g/mol. The van der Waals surface area contributed by atoms with E-state index in [9.17, 15) is 9.59 Å². The molecule has 0 aliphatic heterocycles. The molecule has 0 saturated heterocycles. The topological polar surface area (TPSA) is 87.7 Å². The van der Waals surface area contributed by atoms with Gasteiger partial charge in [-0.25, -0.2) is 4.79 Å². The molecule has 0 bridgehead atoms. The van der Waals surface area contributed by atoms with E-state index in [-0.39, 0.29) is 6.54 Å². The zero-order chi connectivity index (χ0) is 14.4. The molecule has 0 saturated carbocycles. The molecule has 1 aromatic carbocycles. The summed E-state index contributed by atoms with van der Waals surface area (Å²) in [6, 6.07) is 3.97. The van der Waals surface area contributed by atoms with Crippen LogP contribution in [0.4, 0.5) is 5.69 Å². The van der Waals surface area contributed by atoms with Crippen molar-refractivity contribution in [1.82, 2.24) is 5.32 Å². The molecule has 3 N–H and O–H groups in total. The molecule has 1 amide bonds. The molecule has 0 heterocycles. The van der Waals surface area contributed by atoms with Crippen molar-refractivity contribution in [2.24, 2.45) is 0 Å². The second kappa shape index (κ2) is 6.84. The normalized spacial score (nSPS) is 11.5. The van der Waals surface area contributed by atoms with E-state index in [1.54, 1.807) is 18.2 Å². The van der Waals surface area contributed by atoms with Crippen LogP contribution < -0.4 is 15.4 Å². The van der Waals surface area contributed by atoms with E-state index < -0.39 is 17.9 Å². The van der Waals surface area contributed by atoms with Gasteiger partial charge in [0.25, 0.3) is 0 Å². The van der Waals surface area contributed by atoms with Gasteiger partial charge in [0, 0.05) is 25.2 Å². The maximum atomic E-state index is 10.9. The SMILES string of the molecule is COc1cc(NCC(NC(C)=O)C(=O)O)ccc1Cl. The fraction of sp³-hybridized carbons (Fsp3) is 0.333. The number of carbonyl (C=O) groups is 2. The van der Waals surface area contributed by atoms with E-state index in [0.29, 0.717) is 16.5 Å². The van der Waals surface area contributed by atoms with Gasteiger partial charge >= 0.3 is 5.97 Å². The molecule has 0 aliphatic carbocycles. The Balaban J connectivity index is 2.68. The first kappa shape index (κ1) is 15.1. The predicted octanol–water partition coefficient (Wildman–Crippen LogP) is 1.35. The van der Waals surface area contributed by atoms with Crippen LogP contribution in [-0.4, -0.2) is 36.7 Å². The van der Waals surface area contributed by atoms with Crippen LogP contribution >= 0.6 is 11.6 Å². The number of hydrogen-bond acceptors (Lipinski definition) is 4. The number of ether oxygens (including phenoxy) is 1. The number of methoxy groups -OCH3 is 1. The van der Waals surface area contributed by atoms with E-state index in [2.05, 4.69) is 10.6 Å². The molecular formula is C12H15ClN2O4. The second-order valence-corrected chi connectivity index (χ2v) is 4.23. The van der Waals surface area contributed by atoms with Crippen LogP contribution in [-0.2, 0) is 9.59 Å². The van der Waals surface area contributed by atoms with Crippen LogP contribution in [0.3, 0.4) is 0 Å². The second-order valence-electron chi connectivity index (χ2n) is 3.82. The van der Waals surface area contributed by atoms with Gasteiger partial charge in [0.2, 0.25) is 5.91 Å². The summed E-state index contributed by atoms with van der Waals surface area (Å²) in [4.78, 5) is 21.8. The summed E-state index contributed by atoms with van der Waals surface area (Å²) < 4.78 is 5.05. The van der Waals surface area contributed by atoms with Crippen molar-refractivity contribution in [1.29, 1.82) is 0 Å². The zero-order valence-corrected chi connectivity index (χ0v) is 11.3. The fourth-order valence-electron chi connectivity index (χ4n) is 1.44. The van der Waals surface area contributed by atoms with Crippen molar-refractivity contribution in [3.63, 3.8) is 0 Å². The molecule has 0 radical (unpaired) electrons. The van der Waals surface area contributed by atoms with E-state index in [1.807, 2.05) is 0 Å². The summed E-state index contributed by atoms with van der Waals surface area (Å²) in [5, 5.41) is 14.6. The quantitative estimate of drug-likeness (QED) is 0.735. The summed E-state index contributed by atoms with van der Waals surface area (Å²) >= 11 is 5.87. The van der Waals surface area contributed by atoms with Gasteiger partial charge in [0.1, 0.15) is 11.8 Å². The number of amides is 1. The maximum Gasteiger partial charge on any atom is 0.328 e. The van der Waals surface area contributed by atoms with Crippen LogP contribution in [0.5, 0.6) is 5.75 Å². The number of carboxylic acid groups (broad SMARTS) is 1. The van der Waals surface area contributed by atoms with Crippen molar-refractivity contribution in [3.05, 3.63) is 23.2 Å². The Hall–Kier alpha value is -1.95. The number of carbonyl (C=O) groups excluding carboxylic acids is 1. The van der Waals surface area contributed by atoms with E-state index in [4.69, 9.17) is 21.4 Å². The molecule has 6 nitrogen and oxygen atoms in total. The monoisotopic (exact) mass is 286 g/mol. The highest BCUT2D eigenvalue weighted by molar-refractivity contribution is 6.32. The van der Waals surface area contributed by atoms with Crippen molar-refractivity contribution in [2.45, 2.75) is 13.0 Å². The molecule has 0 aliphatic rings. The van der Waals surface area contributed by atoms with Gasteiger partial charge < -0.3 is 20.5 Å². The van der Waals surface area contributed by atoms with Gasteiger partial charge in [-0.15, -0.1) is 0 Å². The molecule has 0 fully saturated rings. The van der Waals surface area contributed by atoms with E-state index in [1.165, 1.54) is 14.0 Å². The fourth-order valence-corrected chi connectivity index (χ4v) is 1.63. The summed E-state index contributed by atoms with van der Waals surface area (Å²) in [6.45, 7) is 1.32. The lowest BCUT2D eigenvalue weighted by molar-refractivity contribution is -0.141. The Bertz CT molecular complexity index is 479. The Morgan fingerprint density at radius 3 is 2.68 bits per heavy atom. The van der Waals surface area contributed by atoms with Gasteiger partial charge in [-0.3, -0.25) is 4.79 Å². The lowest BCUT2D eigenvalue weighted by atomic mass is 10.2. The lowest BCUT2D eigenvalue weighted by Gasteiger charge is -2.15. The largest absolute Gasteiger partial charge is 0.495 e. The van der Waals surface area contributed by atoms with Crippen molar-refractivity contribution < 1.29 is 19.4 Å². The number of aliphatic carboxylic acids is 1. The van der Waals surface area contributed by atoms with Crippen LogP contribution in [0.25, 0.3) is 0 Å². The molecule has 0 aromatic heterocycles. The van der Waals surface area contributed by atoms with Crippen LogP contribution in [0, 0.1) is 0 Å². The van der Waals surface area contributed by atoms with Gasteiger partial charge in [-0.2, -0.15) is 0 Å². The highest BCUT2D eigenvalue weighted by Gasteiger charge is 2.17. The zero-order valence-electron chi connectivity index (χ0n) is 10.6. The summed E-state index contributed by atoms with van der Waals surface area (Å²) in [7, 11) is 1.49. The lowest BCUT2D eigenvalue weighted by Crippen LogP contribution is -2.44. The summed E-state index contributed by atoms with van der Waals surface area (Å²) in [5.74, 6) is -1.02. The number of carboxylic acids is 1. The first-order valence-electron chi connectivity index (χ1n) is 5.51. The highest BCUT2D eigenvalue weighted by atomic mass is 35.5. The molecule has 0 spiro atoms. The number of hydrogen-bond donors (Lipinski definition) is 3. The molecule has 1 atom stereocenters. The van der Waals surface area contributed by atoms with Gasteiger partial charge in [0.05, 0.1) is 12.1 Å². The third-order valence-electron chi connectivity index (χ3n) is 2.34. The first-order valence-corrected chi connectivity index (χ1v) is 5.89. The van der Waals surface area contributed by atoms with E-state index in [0.717, 1.165) is 0 Å². The number of rotatable bonds is 6.